The Morgan fingerprint density at radius 2 is 1.50 bits per heavy atom. The molecule has 0 aliphatic heterocycles. The zero-order valence-corrected chi connectivity index (χ0v) is 9.94. The third-order valence-electron chi connectivity index (χ3n) is 2.80. The van der Waals surface area contributed by atoms with Crippen LogP contribution in [0.1, 0.15) is 11.1 Å². The molecule has 2 aromatic carbocycles. The highest BCUT2D eigenvalue weighted by molar-refractivity contribution is 5.20. The molecular formula is C15H15F2N. The summed E-state index contributed by atoms with van der Waals surface area (Å²) in [5, 5.41) is 0. The van der Waals surface area contributed by atoms with Crippen LogP contribution in [0, 0.1) is 11.6 Å². The molecule has 0 aliphatic carbocycles. The van der Waals surface area contributed by atoms with Gasteiger partial charge in [0.25, 0.3) is 0 Å². The molecular weight excluding hydrogens is 232 g/mol. The van der Waals surface area contributed by atoms with Crippen molar-refractivity contribution in [2.45, 2.75) is 18.9 Å². The molecule has 0 heterocycles. The Balaban J connectivity index is 1.96. The molecule has 2 rings (SSSR count). The Morgan fingerprint density at radius 1 is 0.833 bits per heavy atom. The molecule has 94 valence electrons. The van der Waals surface area contributed by atoms with Gasteiger partial charge in [-0.15, -0.1) is 0 Å². The van der Waals surface area contributed by atoms with Crippen LogP contribution in [0.2, 0.25) is 0 Å². The van der Waals surface area contributed by atoms with E-state index >= 15 is 0 Å². The van der Waals surface area contributed by atoms with Gasteiger partial charge in [0.05, 0.1) is 0 Å². The first-order chi connectivity index (χ1) is 8.63. The average Bonchev–Trinajstić information content (AvgIpc) is 2.32. The first kappa shape index (κ1) is 12.7. The van der Waals surface area contributed by atoms with Crippen LogP contribution >= 0.6 is 0 Å². The number of halogens is 2. The summed E-state index contributed by atoms with van der Waals surface area (Å²) in [5.74, 6) is -0.501. The summed E-state index contributed by atoms with van der Waals surface area (Å²) in [6.45, 7) is 0. The lowest BCUT2D eigenvalue weighted by Crippen LogP contribution is -2.25. The second kappa shape index (κ2) is 5.74. The zero-order valence-electron chi connectivity index (χ0n) is 9.94. The van der Waals surface area contributed by atoms with E-state index < -0.39 is 0 Å². The van der Waals surface area contributed by atoms with Crippen LogP contribution < -0.4 is 5.73 Å². The summed E-state index contributed by atoms with van der Waals surface area (Å²) in [6, 6.07) is 12.6. The third kappa shape index (κ3) is 3.64. The van der Waals surface area contributed by atoms with Crippen molar-refractivity contribution in [3.63, 3.8) is 0 Å². The van der Waals surface area contributed by atoms with Crippen molar-refractivity contribution in [3.05, 3.63) is 71.3 Å². The lowest BCUT2D eigenvalue weighted by atomic mass is 10.00. The van der Waals surface area contributed by atoms with Crippen molar-refractivity contribution < 1.29 is 8.78 Å². The predicted molar refractivity (Wildman–Crippen MR) is 68.2 cm³/mol. The average molecular weight is 247 g/mol. The van der Waals surface area contributed by atoms with Crippen molar-refractivity contribution in [3.8, 4) is 0 Å². The van der Waals surface area contributed by atoms with Gasteiger partial charge in [0.1, 0.15) is 11.6 Å². The van der Waals surface area contributed by atoms with E-state index in [9.17, 15) is 8.78 Å². The zero-order chi connectivity index (χ0) is 13.0. The second-order valence-electron chi connectivity index (χ2n) is 4.42. The van der Waals surface area contributed by atoms with E-state index in [1.165, 1.54) is 24.3 Å². The van der Waals surface area contributed by atoms with E-state index in [1.54, 1.807) is 18.2 Å². The molecule has 18 heavy (non-hydrogen) atoms. The molecule has 0 saturated carbocycles. The van der Waals surface area contributed by atoms with Gasteiger partial charge in [0, 0.05) is 6.04 Å². The Bertz CT molecular complexity index is 508. The lowest BCUT2D eigenvalue weighted by molar-refractivity contribution is 0.615. The predicted octanol–water partition coefficient (Wildman–Crippen LogP) is 3.08. The van der Waals surface area contributed by atoms with Gasteiger partial charge in [-0.25, -0.2) is 8.78 Å². The smallest absolute Gasteiger partial charge is 0.123 e. The molecule has 0 aliphatic rings. The highest BCUT2D eigenvalue weighted by Gasteiger charge is 2.06. The summed E-state index contributed by atoms with van der Waals surface area (Å²) in [4.78, 5) is 0. The monoisotopic (exact) mass is 247 g/mol. The van der Waals surface area contributed by atoms with E-state index in [0.29, 0.717) is 12.8 Å². The van der Waals surface area contributed by atoms with Gasteiger partial charge in [-0.1, -0.05) is 24.3 Å². The minimum Gasteiger partial charge on any atom is -0.327 e. The third-order valence-corrected chi connectivity index (χ3v) is 2.80. The highest BCUT2D eigenvalue weighted by atomic mass is 19.1. The van der Waals surface area contributed by atoms with Gasteiger partial charge < -0.3 is 5.73 Å². The fourth-order valence-corrected chi connectivity index (χ4v) is 1.96. The van der Waals surface area contributed by atoms with Gasteiger partial charge in [0.2, 0.25) is 0 Å². The number of nitrogens with two attached hydrogens (primary N) is 1. The molecule has 0 spiro atoms. The number of rotatable bonds is 4. The van der Waals surface area contributed by atoms with E-state index in [-0.39, 0.29) is 17.7 Å². The summed E-state index contributed by atoms with van der Waals surface area (Å²) in [5.41, 5.74) is 7.88. The Labute approximate surface area is 105 Å². The first-order valence-electron chi connectivity index (χ1n) is 5.88. The van der Waals surface area contributed by atoms with Crippen LogP contribution in [0.5, 0.6) is 0 Å². The Kier molecular flexibility index (Phi) is 4.05. The van der Waals surface area contributed by atoms with E-state index in [4.69, 9.17) is 5.73 Å². The topological polar surface area (TPSA) is 26.0 Å². The van der Waals surface area contributed by atoms with E-state index in [1.807, 2.05) is 6.07 Å². The SMILES string of the molecule is NC(Cc1ccc(F)cc1)Cc1cccc(F)c1. The minimum atomic E-state index is -0.252. The summed E-state index contributed by atoms with van der Waals surface area (Å²) in [6.07, 6.45) is 1.26. The molecule has 2 N–H and O–H groups in total. The van der Waals surface area contributed by atoms with Gasteiger partial charge in [-0.2, -0.15) is 0 Å². The molecule has 1 nitrogen and oxygen atoms in total. The molecule has 1 atom stereocenters. The number of hydrogen-bond acceptors (Lipinski definition) is 1. The fourth-order valence-electron chi connectivity index (χ4n) is 1.96. The standard InChI is InChI=1S/C15H15F2N/c16-13-6-4-11(5-7-13)9-15(18)10-12-2-1-3-14(17)8-12/h1-8,15H,9-10,18H2. The van der Waals surface area contributed by atoms with Crippen LogP contribution in [0.25, 0.3) is 0 Å². The van der Waals surface area contributed by atoms with Crippen molar-refractivity contribution in [2.24, 2.45) is 5.73 Å². The van der Waals surface area contributed by atoms with Gasteiger partial charge in [0.15, 0.2) is 0 Å². The fraction of sp³-hybridized carbons (Fsp3) is 0.200. The first-order valence-corrected chi connectivity index (χ1v) is 5.88. The maximum atomic E-state index is 13.0. The molecule has 0 fully saturated rings. The van der Waals surface area contributed by atoms with Gasteiger partial charge in [-0.3, -0.25) is 0 Å². The largest absolute Gasteiger partial charge is 0.327 e. The van der Waals surface area contributed by atoms with Crippen molar-refractivity contribution in [1.82, 2.24) is 0 Å². The summed E-state index contributed by atoms with van der Waals surface area (Å²) >= 11 is 0. The summed E-state index contributed by atoms with van der Waals surface area (Å²) in [7, 11) is 0. The highest BCUT2D eigenvalue weighted by Crippen LogP contribution is 2.10. The van der Waals surface area contributed by atoms with Crippen molar-refractivity contribution >= 4 is 0 Å². The quantitative estimate of drug-likeness (QED) is 0.882. The second-order valence-corrected chi connectivity index (χ2v) is 4.42. The van der Waals surface area contributed by atoms with Gasteiger partial charge in [-0.05, 0) is 48.2 Å². The molecule has 0 radical (unpaired) electrons. The Morgan fingerprint density at radius 3 is 2.17 bits per heavy atom. The van der Waals surface area contributed by atoms with Crippen LogP contribution in [0.15, 0.2) is 48.5 Å². The van der Waals surface area contributed by atoms with Crippen LogP contribution in [0.4, 0.5) is 8.78 Å². The van der Waals surface area contributed by atoms with Crippen LogP contribution in [-0.4, -0.2) is 6.04 Å². The maximum absolute atomic E-state index is 13.0. The van der Waals surface area contributed by atoms with E-state index in [2.05, 4.69) is 0 Å². The molecule has 0 aromatic heterocycles. The molecule has 3 heteroatoms. The molecule has 1 unspecified atom stereocenters. The number of benzene rings is 2. The lowest BCUT2D eigenvalue weighted by Gasteiger charge is -2.11. The van der Waals surface area contributed by atoms with Gasteiger partial charge >= 0.3 is 0 Å². The Hall–Kier alpha value is -1.74. The molecule has 0 saturated heterocycles. The minimum absolute atomic E-state index is 0.0998. The van der Waals surface area contributed by atoms with Crippen LogP contribution in [0.3, 0.4) is 0 Å². The number of hydrogen-bond donors (Lipinski definition) is 1. The normalized spacial score (nSPS) is 12.4. The molecule has 0 amide bonds. The molecule has 0 bridgehead atoms. The summed E-state index contributed by atoms with van der Waals surface area (Å²) < 4.78 is 25.7. The van der Waals surface area contributed by atoms with Crippen molar-refractivity contribution in [1.29, 1.82) is 0 Å². The maximum Gasteiger partial charge on any atom is 0.123 e. The molecule has 2 aromatic rings. The van der Waals surface area contributed by atoms with E-state index in [0.717, 1.165) is 11.1 Å². The van der Waals surface area contributed by atoms with Crippen molar-refractivity contribution in [2.75, 3.05) is 0 Å². The van der Waals surface area contributed by atoms with Crippen LogP contribution in [-0.2, 0) is 12.8 Å².